The van der Waals surface area contributed by atoms with E-state index in [2.05, 4.69) is 25.7 Å². The van der Waals surface area contributed by atoms with Crippen LogP contribution in [0, 0.1) is 5.92 Å². The van der Waals surface area contributed by atoms with Crippen molar-refractivity contribution < 1.29 is 0 Å². The summed E-state index contributed by atoms with van der Waals surface area (Å²) < 4.78 is 0. The van der Waals surface area contributed by atoms with Gasteiger partial charge in [-0.05, 0) is 25.7 Å². The van der Waals surface area contributed by atoms with Gasteiger partial charge in [0.2, 0.25) is 0 Å². The lowest BCUT2D eigenvalue weighted by molar-refractivity contribution is 0.284. The second kappa shape index (κ2) is 5.43. The summed E-state index contributed by atoms with van der Waals surface area (Å²) in [5.41, 5.74) is 1.25. The van der Waals surface area contributed by atoms with Gasteiger partial charge in [0.05, 0.1) is 0 Å². The summed E-state index contributed by atoms with van der Waals surface area (Å²) >= 11 is 0. The zero-order valence-electron chi connectivity index (χ0n) is 9.10. The number of nitrogens with one attached hydrogen (secondary N) is 1. The molecule has 2 unspecified atom stereocenters. The predicted octanol–water partition coefficient (Wildman–Crippen LogP) is 3.12. The molecule has 0 radical (unpaired) electrons. The van der Waals surface area contributed by atoms with E-state index in [1.165, 1.54) is 37.7 Å². The lowest BCUT2D eigenvalue weighted by atomic mass is 9.84. The minimum atomic E-state index is 0.760. The van der Waals surface area contributed by atoms with Gasteiger partial charge in [-0.2, -0.15) is 0 Å². The summed E-state index contributed by atoms with van der Waals surface area (Å²) in [6, 6.07) is 0.760. The first-order valence-corrected chi connectivity index (χ1v) is 5.60. The molecule has 0 aliphatic heterocycles. The Morgan fingerprint density at radius 1 is 1.46 bits per heavy atom. The first-order valence-electron chi connectivity index (χ1n) is 5.60. The molecule has 1 heteroatoms. The van der Waals surface area contributed by atoms with Gasteiger partial charge < -0.3 is 5.32 Å². The molecule has 0 aromatic rings. The fraction of sp³-hybridized carbons (Fsp3) is 0.833. The number of hydrogen-bond acceptors (Lipinski definition) is 1. The summed E-state index contributed by atoms with van der Waals surface area (Å²) in [5.74, 6) is 0.969. The molecule has 0 bridgehead atoms. The summed E-state index contributed by atoms with van der Waals surface area (Å²) in [7, 11) is 0. The molecule has 1 aliphatic carbocycles. The number of hydrogen-bond donors (Lipinski definition) is 1. The minimum Gasteiger partial charge on any atom is -0.310 e. The predicted molar refractivity (Wildman–Crippen MR) is 58.9 cm³/mol. The molecular formula is C12H23N. The van der Waals surface area contributed by atoms with E-state index in [-0.39, 0.29) is 0 Å². The summed E-state index contributed by atoms with van der Waals surface area (Å²) in [6.07, 6.45) is 6.95. The van der Waals surface area contributed by atoms with Crippen molar-refractivity contribution in [2.75, 3.05) is 6.54 Å². The fourth-order valence-electron chi connectivity index (χ4n) is 2.17. The van der Waals surface area contributed by atoms with Crippen LogP contribution in [0.15, 0.2) is 12.2 Å². The molecule has 76 valence electrons. The Balaban J connectivity index is 2.21. The fourth-order valence-corrected chi connectivity index (χ4v) is 2.17. The van der Waals surface area contributed by atoms with E-state index in [9.17, 15) is 0 Å². The van der Waals surface area contributed by atoms with E-state index in [1.807, 2.05) is 0 Å². The molecule has 1 fully saturated rings. The van der Waals surface area contributed by atoms with Gasteiger partial charge in [0.25, 0.3) is 0 Å². The molecule has 0 spiro atoms. The molecule has 2 atom stereocenters. The van der Waals surface area contributed by atoms with Crippen molar-refractivity contribution in [1.82, 2.24) is 5.32 Å². The summed E-state index contributed by atoms with van der Waals surface area (Å²) in [6.45, 7) is 9.32. The first-order chi connectivity index (χ1) is 6.22. The largest absolute Gasteiger partial charge is 0.310 e. The van der Waals surface area contributed by atoms with E-state index < -0.39 is 0 Å². The van der Waals surface area contributed by atoms with Crippen LogP contribution in [0.25, 0.3) is 0 Å². The van der Waals surface area contributed by atoms with Gasteiger partial charge in [-0.3, -0.25) is 0 Å². The van der Waals surface area contributed by atoms with Crippen molar-refractivity contribution in [3.05, 3.63) is 12.2 Å². The second-order valence-electron chi connectivity index (χ2n) is 4.48. The normalized spacial score (nSPS) is 28.8. The maximum Gasteiger partial charge on any atom is 0.0161 e. The third-order valence-corrected chi connectivity index (χ3v) is 3.05. The lowest BCUT2D eigenvalue weighted by Gasteiger charge is -2.29. The van der Waals surface area contributed by atoms with Crippen molar-refractivity contribution >= 4 is 0 Å². The van der Waals surface area contributed by atoms with Crippen molar-refractivity contribution in [1.29, 1.82) is 0 Å². The molecule has 1 aliphatic rings. The zero-order chi connectivity index (χ0) is 9.68. The minimum absolute atomic E-state index is 0.760. The SMILES string of the molecule is C=C(C)CNC1CCCC(CC)C1. The van der Waals surface area contributed by atoms with Crippen LogP contribution in [0.2, 0.25) is 0 Å². The third-order valence-electron chi connectivity index (χ3n) is 3.05. The van der Waals surface area contributed by atoms with Gasteiger partial charge in [0, 0.05) is 12.6 Å². The maximum absolute atomic E-state index is 3.92. The van der Waals surface area contributed by atoms with Crippen molar-refractivity contribution in [3.8, 4) is 0 Å². The Kier molecular flexibility index (Phi) is 4.51. The van der Waals surface area contributed by atoms with E-state index in [1.54, 1.807) is 0 Å². The quantitative estimate of drug-likeness (QED) is 0.657. The highest BCUT2D eigenvalue weighted by atomic mass is 14.9. The van der Waals surface area contributed by atoms with Gasteiger partial charge in [-0.25, -0.2) is 0 Å². The van der Waals surface area contributed by atoms with E-state index in [4.69, 9.17) is 0 Å². The molecule has 0 amide bonds. The van der Waals surface area contributed by atoms with Gasteiger partial charge in [-0.15, -0.1) is 0 Å². The zero-order valence-corrected chi connectivity index (χ0v) is 9.10. The molecule has 0 aromatic heterocycles. The second-order valence-corrected chi connectivity index (χ2v) is 4.48. The summed E-state index contributed by atoms with van der Waals surface area (Å²) in [5, 5.41) is 3.59. The van der Waals surface area contributed by atoms with Crippen molar-refractivity contribution in [2.24, 2.45) is 5.92 Å². The van der Waals surface area contributed by atoms with Crippen LogP contribution < -0.4 is 5.32 Å². The first kappa shape index (κ1) is 10.8. The Morgan fingerprint density at radius 2 is 2.23 bits per heavy atom. The van der Waals surface area contributed by atoms with Crippen molar-refractivity contribution in [3.63, 3.8) is 0 Å². The number of rotatable bonds is 4. The molecule has 0 saturated heterocycles. The van der Waals surface area contributed by atoms with Gasteiger partial charge in [-0.1, -0.05) is 38.3 Å². The lowest BCUT2D eigenvalue weighted by Crippen LogP contribution is -2.34. The molecular weight excluding hydrogens is 158 g/mol. The highest BCUT2D eigenvalue weighted by molar-refractivity contribution is 4.92. The standard InChI is InChI=1S/C12H23N/c1-4-11-6-5-7-12(8-11)13-9-10(2)3/h11-13H,2,4-9H2,1,3H3. The van der Waals surface area contributed by atoms with E-state index in [0.29, 0.717) is 0 Å². The van der Waals surface area contributed by atoms with Crippen LogP contribution in [-0.2, 0) is 0 Å². The van der Waals surface area contributed by atoms with Crippen LogP contribution >= 0.6 is 0 Å². The molecule has 0 aromatic carbocycles. The van der Waals surface area contributed by atoms with Crippen molar-refractivity contribution in [2.45, 2.75) is 52.0 Å². The third kappa shape index (κ3) is 3.95. The molecule has 0 heterocycles. The highest BCUT2D eigenvalue weighted by Gasteiger charge is 2.19. The molecule has 1 rings (SSSR count). The van der Waals surface area contributed by atoms with Crippen LogP contribution in [0.4, 0.5) is 0 Å². The Hall–Kier alpha value is -0.300. The van der Waals surface area contributed by atoms with Gasteiger partial charge in [0.1, 0.15) is 0 Å². The van der Waals surface area contributed by atoms with Crippen LogP contribution in [0.5, 0.6) is 0 Å². The van der Waals surface area contributed by atoms with E-state index >= 15 is 0 Å². The average molecular weight is 181 g/mol. The van der Waals surface area contributed by atoms with Gasteiger partial charge >= 0.3 is 0 Å². The topological polar surface area (TPSA) is 12.0 Å². The summed E-state index contributed by atoms with van der Waals surface area (Å²) in [4.78, 5) is 0. The Bertz CT molecular complexity index is 163. The molecule has 1 saturated carbocycles. The maximum atomic E-state index is 3.92. The van der Waals surface area contributed by atoms with Crippen LogP contribution in [-0.4, -0.2) is 12.6 Å². The molecule has 1 nitrogen and oxygen atoms in total. The molecule has 1 N–H and O–H groups in total. The molecule has 13 heavy (non-hydrogen) atoms. The van der Waals surface area contributed by atoms with Crippen LogP contribution in [0.1, 0.15) is 46.0 Å². The monoisotopic (exact) mass is 181 g/mol. The average Bonchev–Trinajstić information content (AvgIpc) is 2.15. The van der Waals surface area contributed by atoms with Crippen LogP contribution in [0.3, 0.4) is 0 Å². The smallest absolute Gasteiger partial charge is 0.0161 e. The highest BCUT2D eigenvalue weighted by Crippen LogP contribution is 2.26. The van der Waals surface area contributed by atoms with Gasteiger partial charge in [0.15, 0.2) is 0 Å². The van der Waals surface area contributed by atoms with E-state index in [0.717, 1.165) is 18.5 Å². The Morgan fingerprint density at radius 3 is 2.85 bits per heavy atom. The Labute approximate surface area is 82.6 Å².